The van der Waals surface area contributed by atoms with E-state index in [0.717, 1.165) is 18.6 Å². The monoisotopic (exact) mass is 235 g/mol. The highest BCUT2D eigenvalue weighted by atomic mass is 16.5. The van der Waals surface area contributed by atoms with Gasteiger partial charge in [0.2, 0.25) is 0 Å². The molecule has 92 valence electrons. The van der Waals surface area contributed by atoms with Crippen LogP contribution in [0.4, 0.5) is 0 Å². The molecule has 0 bridgehead atoms. The number of carboxylic acid groups (broad SMARTS) is 1. The molecule has 1 aromatic carbocycles. The molecule has 0 heterocycles. The van der Waals surface area contributed by atoms with Crippen LogP contribution in [-0.2, 0) is 4.79 Å². The topological polar surface area (TPSA) is 58.6 Å². The third-order valence-corrected chi connectivity index (χ3v) is 3.27. The number of benzene rings is 1. The van der Waals surface area contributed by atoms with E-state index < -0.39 is 5.97 Å². The number of rotatable bonds is 5. The fourth-order valence-corrected chi connectivity index (χ4v) is 2.16. The molecular weight excluding hydrogens is 218 g/mol. The molecule has 0 unspecified atom stereocenters. The first-order valence-corrected chi connectivity index (χ1v) is 5.78. The van der Waals surface area contributed by atoms with Crippen LogP contribution < -0.4 is 10.1 Å². The van der Waals surface area contributed by atoms with Crippen molar-refractivity contribution in [3.05, 3.63) is 29.8 Å². The lowest BCUT2D eigenvalue weighted by Gasteiger charge is -2.36. The Balaban J connectivity index is 1.80. The molecule has 0 amide bonds. The van der Waals surface area contributed by atoms with Crippen LogP contribution in [0, 0.1) is 0 Å². The smallest absolute Gasteiger partial charge is 0.317 e. The summed E-state index contributed by atoms with van der Waals surface area (Å²) in [5, 5.41) is 11.6. The molecule has 1 aromatic rings. The van der Waals surface area contributed by atoms with Crippen LogP contribution in [0.1, 0.15) is 24.3 Å². The van der Waals surface area contributed by atoms with Crippen molar-refractivity contribution < 1.29 is 14.6 Å². The molecule has 0 aromatic heterocycles. The van der Waals surface area contributed by atoms with Crippen LogP contribution in [0.2, 0.25) is 0 Å². The van der Waals surface area contributed by atoms with Gasteiger partial charge in [0.1, 0.15) is 5.75 Å². The van der Waals surface area contributed by atoms with Crippen molar-refractivity contribution in [2.75, 3.05) is 13.7 Å². The van der Waals surface area contributed by atoms with E-state index in [0.29, 0.717) is 12.0 Å². The van der Waals surface area contributed by atoms with Gasteiger partial charge >= 0.3 is 5.97 Å². The predicted octanol–water partition coefficient (Wildman–Crippen LogP) is 1.62. The van der Waals surface area contributed by atoms with Gasteiger partial charge in [-0.15, -0.1) is 0 Å². The van der Waals surface area contributed by atoms with Gasteiger partial charge in [0.05, 0.1) is 13.7 Å². The lowest BCUT2D eigenvalue weighted by molar-refractivity contribution is -0.136. The molecule has 4 heteroatoms. The fourth-order valence-electron chi connectivity index (χ4n) is 2.16. The van der Waals surface area contributed by atoms with Crippen molar-refractivity contribution in [3.63, 3.8) is 0 Å². The Kier molecular flexibility index (Phi) is 3.64. The van der Waals surface area contributed by atoms with Gasteiger partial charge in [-0.05, 0) is 36.5 Å². The molecule has 0 radical (unpaired) electrons. The van der Waals surface area contributed by atoms with Crippen LogP contribution in [0.15, 0.2) is 24.3 Å². The number of nitrogens with one attached hydrogen (secondary N) is 1. The minimum absolute atomic E-state index is 0.0556. The van der Waals surface area contributed by atoms with Gasteiger partial charge in [-0.25, -0.2) is 0 Å². The molecule has 4 nitrogen and oxygen atoms in total. The second-order valence-corrected chi connectivity index (χ2v) is 4.41. The Morgan fingerprint density at radius 3 is 2.59 bits per heavy atom. The maximum absolute atomic E-state index is 10.4. The van der Waals surface area contributed by atoms with Crippen LogP contribution in [0.25, 0.3) is 0 Å². The second kappa shape index (κ2) is 5.19. The lowest BCUT2D eigenvalue weighted by atomic mass is 9.76. The third kappa shape index (κ3) is 2.97. The molecule has 1 saturated carbocycles. The van der Waals surface area contributed by atoms with Gasteiger partial charge in [-0.3, -0.25) is 4.79 Å². The minimum atomic E-state index is -0.794. The van der Waals surface area contributed by atoms with Crippen molar-refractivity contribution >= 4 is 5.97 Å². The Morgan fingerprint density at radius 1 is 1.41 bits per heavy atom. The van der Waals surface area contributed by atoms with Gasteiger partial charge in [0, 0.05) is 6.04 Å². The van der Waals surface area contributed by atoms with Crippen LogP contribution >= 0.6 is 0 Å². The summed E-state index contributed by atoms with van der Waals surface area (Å²) in [7, 11) is 1.66. The zero-order valence-electron chi connectivity index (χ0n) is 9.85. The number of hydrogen-bond donors (Lipinski definition) is 2. The molecule has 0 saturated heterocycles. The minimum Gasteiger partial charge on any atom is -0.497 e. The second-order valence-electron chi connectivity index (χ2n) is 4.41. The first kappa shape index (κ1) is 11.9. The van der Waals surface area contributed by atoms with Gasteiger partial charge in [-0.2, -0.15) is 0 Å². The number of aliphatic carboxylic acids is 1. The highest BCUT2D eigenvalue weighted by molar-refractivity contribution is 5.69. The molecule has 2 rings (SSSR count). The summed E-state index contributed by atoms with van der Waals surface area (Å²) in [6, 6.07) is 8.44. The highest BCUT2D eigenvalue weighted by Gasteiger charge is 2.30. The SMILES string of the molecule is COc1ccc(C2CC(NCC(=O)O)C2)cc1. The Bertz CT molecular complexity index is 382. The lowest BCUT2D eigenvalue weighted by Crippen LogP contribution is -2.42. The summed E-state index contributed by atoms with van der Waals surface area (Å²) in [6.07, 6.45) is 2.03. The fraction of sp³-hybridized carbons (Fsp3) is 0.462. The molecular formula is C13H17NO3. The van der Waals surface area contributed by atoms with E-state index in [1.165, 1.54) is 5.56 Å². The summed E-state index contributed by atoms with van der Waals surface area (Å²) < 4.78 is 5.11. The highest BCUT2D eigenvalue weighted by Crippen LogP contribution is 2.37. The van der Waals surface area contributed by atoms with Crippen molar-refractivity contribution in [2.45, 2.75) is 24.8 Å². The largest absolute Gasteiger partial charge is 0.497 e. The number of methoxy groups -OCH3 is 1. The molecule has 0 atom stereocenters. The Morgan fingerprint density at radius 2 is 2.06 bits per heavy atom. The molecule has 1 aliphatic carbocycles. The van der Waals surface area contributed by atoms with E-state index >= 15 is 0 Å². The standard InChI is InChI=1S/C13H17NO3/c1-17-12-4-2-9(3-5-12)10-6-11(7-10)14-8-13(15)16/h2-5,10-11,14H,6-8H2,1H3,(H,15,16). The first-order chi connectivity index (χ1) is 8.19. The molecule has 1 fully saturated rings. The molecule has 2 N–H and O–H groups in total. The maximum Gasteiger partial charge on any atom is 0.317 e. The number of carboxylic acids is 1. The zero-order valence-corrected chi connectivity index (χ0v) is 9.85. The van der Waals surface area contributed by atoms with Crippen molar-refractivity contribution in [3.8, 4) is 5.75 Å². The average molecular weight is 235 g/mol. The van der Waals surface area contributed by atoms with Crippen molar-refractivity contribution in [2.24, 2.45) is 0 Å². The maximum atomic E-state index is 10.4. The molecule has 0 spiro atoms. The van der Waals surface area contributed by atoms with Crippen LogP contribution in [-0.4, -0.2) is 30.8 Å². The number of ether oxygens (including phenoxy) is 1. The Labute approximate surface area is 101 Å². The van der Waals surface area contributed by atoms with Crippen LogP contribution in [0.5, 0.6) is 5.75 Å². The Hall–Kier alpha value is -1.55. The predicted molar refractivity (Wildman–Crippen MR) is 64.4 cm³/mol. The molecule has 1 aliphatic rings. The van der Waals surface area contributed by atoms with E-state index in [1.54, 1.807) is 7.11 Å². The number of carbonyl (C=O) groups is 1. The number of hydrogen-bond acceptors (Lipinski definition) is 3. The van der Waals surface area contributed by atoms with Gasteiger partial charge in [0.15, 0.2) is 0 Å². The van der Waals surface area contributed by atoms with E-state index in [-0.39, 0.29) is 6.54 Å². The van der Waals surface area contributed by atoms with E-state index in [1.807, 2.05) is 12.1 Å². The van der Waals surface area contributed by atoms with Gasteiger partial charge in [-0.1, -0.05) is 12.1 Å². The average Bonchev–Trinajstić information content (AvgIpc) is 2.27. The quantitative estimate of drug-likeness (QED) is 0.814. The summed E-state index contributed by atoms with van der Waals surface area (Å²) >= 11 is 0. The van der Waals surface area contributed by atoms with E-state index in [4.69, 9.17) is 9.84 Å². The van der Waals surface area contributed by atoms with E-state index in [9.17, 15) is 4.79 Å². The molecule has 0 aliphatic heterocycles. The zero-order chi connectivity index (χ0) is 12.3. The third-order valence-electron chi connectivity index (χ3n) is 3.27. The first-order valence-electron chi connectivity index (χ1n) is 5.78. The van der Waals surface area contributed by atoms with E-state index in [2.05, 4.69) is 17.4 Å². The summed E-state index contributed by atoms with van der Waals surface area (Å²) in [4.78, 5) is 10.4. The summed E-state index contributed by atoms with van der Waals surface area (Å²) in [6.45, 7) is 0.0556. The molecule has 17 heavy (non-hydrogen) atoms. The van der Waals surface area contributed by atoms with Crippen molar-refractivity contribution in [1.82, 2.24) is 5.32 Å². The van der Waals surface area contributed by atoms with Gasteiger partial charge < -0.3 is 15.2 Å². The van der Waals surface area contributed by atoms with Gasteiger partial charge in [0.25, 0.3) is 0 Å². The normalized spacial score (nSPS) is 22.9. The summed E-state index contributed by atoms with van der Waals surface area (Å²) in [5.41, 5.74) is 1.30. The van der Waals surface area contributed by atoms with Crippen LogP contribution in [0.3, 0.4) is 0 Å². The summed E-state index contributed by atoms with van der Waals surface area (Å²) in [5.74, 6) is 0.624. The van der Waals surface area contributed by atoms with Crippen molar-refractivity contribution in [1.29, 1.82) is 0 Å².